The first-order chi connectivity index (χ1) is 6.06. The van der Waals surface area contributed by atoms with Gasteiger partial charge in [0, 0.05) is 0 Å². The number of hydrogen-bond donors (Lipinski definition) is 2. The van der Waals surface area contributed by atoms with Crippen LogP contribution < -0.4 is 5.56 Å². The lowest BCUT2D eigenvalue weighted by molar-refractivity contribution is 0.0682. The monoisotopic (exact) mass is 186 g/mol. The topological polar surface area (TPSA) is 83.0 Å². The summed E-state index contributed by atoms with van der Waals surface area (Å²) < 4.78 is 12.8. The van der Waals surface area contributed by atoms with Gasteiger partial charge in [-0.15, -0.1) is 0 Å². The third-order valence-corrected chi connectivity index (χ3v) is 1.47. The Bertz CT molecular complexity index is 399. The Labute approximate surface area is 72.2 Å². The molecular weight excluding hydrogens is 179 g/mol. The minimum absolute atomic E-state index is 0.138. The lowest BCUT2D eigenvalue weighted by atomic mass is 10.3. The predicted octanol–water partition coefficient (Wildman–Crippen LogP) is 0.170. The Hall–Kier alpha value is -1.72. The van der Waals surface area contributed by atoms with Crippen LogP contribution in [-0.4, -0.2) is 21.0 Å². The van der Waals surface area contributed by atoms with Crippen LogP contribution in [0.4, 0.5) is 4.39 Å². The van der Waals surface area contributed by atoms with Gasteiger partial charge < -0.3 is 5.11 Å². The van der Waals surface area contributed by atoms with Gasteiger partial charge in [0.05, 0.1) is 5.69 Å². The minimum Gasteiger partial charge on any atom is -0.475 e. The molecular formula is C7H7FN2O3. The zero-order valence-electron chi connectivity index (χ0n) is 6.80. The van der Waals surface area contributed by atoms with Crippen LogP contribution in [0.3, 0.4) is 0 Å². The molecule has 0 radical (unpaired) electrons. The van der Waals surface area contributed by atoms with E-state index in [1.54, 1.807) is 6.92 Å². The summed E-state index contributed by atoms with van der Waals surface area (Å²) in [7, 11) is 0. The molecule has 0 unspecified atom stereocenters. The molecule has 70 valence electrons. The van der Waals surface area contributed by atoms with Gasteiger partial charge >= 0.3 is 5.97 Å². The van der Waals surface area contributed by atoms with Crippen molar-refractivity contribution in [2.75, 3.05) is 0 Å². The van der Waals surface area contributed by atoms with E-state index in [4.69, 9.17) is 5.11 Å². The number of carbonyl (C=O) groups is 1. The Morgan fingerprint density at radius 1 is 1.69 bits per heavy atom. The van der Waals surface area contributed by atoms with Crippen molar-refractivity contribution in [2.24, 2.45) is 0 Å². The molecule has 0 aromatic carbocycles. The maximum atomic E-state index is 12.8. The molecule has 0 saturated heterocycles. The molecule has 1 heterocycles. The van der Waals surface area contributed by atoms with Gasteiger partial charge in [-0.3, -0.25) is 9.78 Å². The fourth-order valence-electron chi connectivity index (χ4n) is 0.841. The molecule has 6 heteroatoms. The van der Waals surface area contributed by atoms with Gasteiger partial charge in [-0.1, -0.05) is 6.92 Å². The van der Waals surface area contributed by atoms with Gasteiger partial charge in [0.15, 0.2) is 0 Å². The highest BCUT2D eigenvalue weighted by molar-refractivity contribution is 5.82. The number of carboxylic acid groups (broad SMARTS) is 1. The van der Waals surface area contributed by atoms with Crippen molar-refractivity contribution in [3.8, 4) is 0 Å². The number of rotatable bonds is 2. The van der Waals surface area contributed by atoms with Crippen LogP contribution in [0.2, 0.25) is 0 Å². The average molecular weight is 186 g/mol. The number of aromatic amines is 1. The van der Waals surface area contributed by atoms with E-state index in [1.165, 1.54) is 0 Å². The van der Waals surface area contributed by atoms with Crippen LogP contribution in [-0.2, 0) is 6.42 Å². The Balaban J connectivity index is 3.39. The number of aromatic nitrogens is 2. The van der Waals surface area contributed by atoms with Gasteiger partial charge in [0.1, 0.15) is 0 Å². The number of aryl methyl sites for hydroxylation is 1. The highest BCUT2D eigenvalue weighted by Crippen LogP contribution is 1.99. The predicted molar refractivity (Wildman–Crippen MR) is 41.2 cm³/mol. The van der Waals surface area contributed by atoms with Crippen molar-refractivity contribution < 1.29 is 14.3 Å². The first-order valence-corrected chi connectivity index (χ1v) is 3.58. The standard InChI is InChI=1S/C7H7FN2O3/c1-2-3-4(8)6(11)10-5(9-3)7(12)13/h2H2,1H3,(H,12,13)(H,9,10,11). The summed E-state index contributed by atoms with van der Waals surface area (Å²) in [6.45, 7) is 1.58. The third kappa shape index (κ3) is 1.71. The number of H-pyrrole nitrogens is 1. The SMILES string of the molecule is CCc1nc(C(=O)O)[nH]c(=O)c1F. The van der Waals surface area contributed by atoms with Crippen LogP contribution in [0, 0.1) is 5.82 Å². The van der Waals surface area contributed by atoms with E-state index in [-0.39, 0.29) is 12.1 Å². The van der Waals surface area contributed by atoms with E-state index >= 15 is 0 Å². The van der Waals surface area contributed by atoms with Gasteiger partial charge in [0.25, 0.3) is 5.56 Å². The number of carboxylic acids is 1. The summed E-state index contributed by atoms with van der Waals surface area (Å²) in [6.07, 6.45) is 0.177. The summed E-state index contributed by atoms with van der Waals surface area (Å²) in [6, 6.07) is 0. The van der Waals surface area contributed by atoms with Gasteiger partial charge in [0.2, 0.25) is 11.6 Å². The molecule has 1 aromatic rings. The molecule has 0 saturated carbocycles. The van der Waals surface area contributed by atoms with E-state index < -0.39 is 23.2 Å². The molecule has 1 aromatic heterocycles. The molecule has 0 atom stereocenters. The highest BCUT2D eigenvalue weighted by Gasteiger charge is 2.13. The first-order valence-electron chi connectivity index (χ1n) is 3.58. The van der Waals surface area contributed by atoms with Crippen LogP contribution >= 0.6 is 0 Å². The van der Waals surface area contributed by atoms with Gasteiger partial charge in [-0.05, 0) is 6.42 Å². The molecule has 0 aliphatic carbocycles. The van der Waals surface area contributed by atoms with Crippen molar-refractivity contribution in [1.82, 2.24) is 9.97 Å². The quantitative estimate of drug-likeness (QED) is 0.689. The van der Waals surface area contributed by atoms with Crippen LogP contribution in [0.25, 0.3) is 0 Å². The number of nitrogens with one attached hydrogen (secondary N) is 1. The molecule has 1 rings (SSSR count). The molecule has 2 N–H and O–H groups in total. The maximum Gasteiger partial charge on any atom is 0.372 e. The van der Waals surface area contributed by atoms with Crippen molar-refractivity contribution in [3.05, 3.63) is 27.7 Å². The fraction of sp³-hybridized carbons (Fsp3) is 0.286. The molecule has 0 aliphatic heterocycles. The maximum absolute atomic E-state index is 12.8. The molecule has 0 bridgehead atoms. The normalized spacial score (nSPS) is 10.0. The second-order valence-corrected chi connectivity index (χ2v) is 2.33. The van der Waals surface area contributed by atoms with E-state index in [1.807, 2.05) is 4.98 Å². The third-order valence-electron chi connectivity index (χ3n) is 1.47. The zero-order valence-corrected chi connectivity index (χ0v) is 6.80. The van der Waals surface area contributed by atoms with E-state index in [2.05, 4.69) is 4.98 Å². The van der Waals surface area contributed by atoms with Gasteiger partial charge in [-0.2, -0.15) is 4.39 Å². The second-order valence-electron chi connectivity index (χ2n) is 2.33. The number of hydrogen-bond acceptors (Lipinski definition) is 3. The molecule has 5 nitrogen and oxygen atoms in total. The van der Waals surface area contributed by atoms with Crippen molar-refractivity contribution in [2.45, 2.75) is 13.3 Å². The molecule has 0 amide bonds. The minimum atomic E-state index is -1.38. The molecule has 0 spiro atoms. The highest BCUT2D eigenvalue weighted by atomic mass is 19.1. The van der Waals surface area contributed by atoms with E-state index in [0.717, 1.165) is 0 Å². The first kappa shape index (κ1) is 9.37. The number of halogens is 1. The van der Waals surface area contributed by atoms with Gasteiger partial charge in [-0.25, -0.2) is 9.78 Å². The van der Waals surface area contributed by atoms with Crippen LogP contribution in [0.15, 0.2) is 4.79 Å². The average Bonchev–Trinajstić information content (AvgIpc) is 2.09. The zero-order chi connectivity index (χ0) is 10.0. The summed E-state index contributed by atoms with van der Waals surface area (Å²) in [5.41, 5.74) is -1.19. The Morgan fingerprint density at radius 2 is 2.31 bits per heavy atom. The summed E-state index contributed by atoms with van der Waals surface area (Å²) in [5.74, 6) is -2.94. The lowest BCUT2D eigenvalue weighted by Crippen LogP contribution is -2.21. The van der Waals surface area contributed by atoms with Crippen LogP contribution in [0.5, 0.6) is 0 Å². The second kappa shape index (κ2) is 3.34. The Kier molecular flexibility index (Phi) is 2.41. The molecule has 0 aliphatic rings. The van der Waals surface area contributed by atoms with Crippen molar-refractivity contribution >= 4 is 5.97 Å². The lowest BCUT2D eigenvalue weighted by Gasteiger charge is -1.98. The van der Waals surface area contributed by atoms with Crippen molar-refractivity contribution in [3.63, 3.8) is 0 Å². The molecule has 13 heavy (non-hydrogen) atoms. The summed E-state index contributed by atoms with van der Waals surface area (Å²) in [4.78, 5) is 26.4. The smallest absolute Gasteiger partial charge is 0.372 e. The van der Waals surface area contributed by atoms with E-state index in [9.17, 15) is 14.0 Å². The van der Waals surface area contributed by atoms with E-state index in [0.29, 0.717) is 0 Å². The largest absolute Gasteiger partial charge is 0.475 e. The summed E-state index contributed by atoms with van der Waals surface area (Å²) in [5, 5.41) is 8.47. The van der Waals surface area contributed by atoms with Crippen LogP contribution in [0.1, 0.15) is 23.2 Å². The number of aromatic carboxylic acids is 1. The fourth-order valence-corrected chi connectivity index (χ4v) is 0.841. The summed E-state index contributed by atoms with van der Waals surface area (Å²) >= 11 is 0. The van der Waals surface area contributed by atoms with Crippen molar-refractivity contribution in [1.29, 1.82) is 0 Å². The number of nitrogens with zero attached hydrogens (tertiary/aromatic N) is 1. The Morgan fingerprint density at radius 3 is 2.77 bits per heavy atom. The molecule has 0 fully saturated rings.